The van der Waals surface area contributed by atoms with Crippen molar-refractivity contribution in [2.75, 3.05) is 6.61 Å². The summed E-state index contributed by atoms with van der Waals surface area (Å²) < 4.78 is 0. The van der Waals surface area contributed by atoms with Crippen molar-refractivity contribution < 1.29 is 5.11 Å². The van der Waals surface area contributed by atoms with Crippen LogP contribution in [0.25, 0.3) is 0 Å². The minimum absolute atomic E-state index is 0.192. The van der Waals surface area contributed by atoms with Crippen LogP contribution in [0, 0.1) is 0 Å². The maximum absolute atomic E-state index is 9.00. The molecule has 4 heteroatoms. The first-order valence-electron chi connectivity index (χ1n) is 4.53. The van der Waals surface area contributed by atoms with Crippen LogP contribution >= 0.6 is 11.3 Å². The zero-order valence-corrected chi connectivity index (χ0v) is 8.84. The van der Waals surface area contributed by atoms with Crippen molar-refractivity contribution in [1.29, 1.82) is 0 Å². The lowest BCUT2D eigenvalue weighted by molar-refractivity contribution is 0.230. The lowest BCUT2D eigenvalue weighted by Crippen LogP contribution is -2.33. The summed E-state index contributed by atoms with van der Waals surface area (Å²) in [5.74, 6) is 0. The van der Waals surface area contributed by atoms with E-state index in [-0.39, 0.29) is 18.7 Å². The topological polar surface area (TPSA) is 45.1 Å². The highest BCUT2D eigenvalue weighted by Gasteiger charge is 2.11. The van der Waals surface area contributed by atoms with Crippen LogP contribution in [0.15, 0.2) is 11.7 Å². The third-order valence-corrected chi connectivity index (χ3v) is 3.04. The minimum atomic E-state index is 0.192. The van der Waals surface area contributed by atoms with Gasteiger partial charge in [0.2, 0.25) is 0 Å². The third-order valence-electron chi connectivity index (χ3n) is 2.08. The molecule has 0 aliphatic heterocycles. The van der Waals surface area contributed by atoms with Crippen LogP contribution in [0.3, 0.4) is 0 Å². The molecule has 0 bridgehead atoms. The highest BCUT2D eigenvalue weighted by atomic mass is 32.1. The predicted molar refractivity (Wildman–Crippen MR) is 54.8 cm³/mol. The second-order valence-electron chi connectivity index (χ2n) is 3.08. The normalized spacial score (nSPS) is 15.6. The summed E-state index contributed by atoms with van der Waals surface area (Å²) in [6.07, 6.45) is 2.81. The van der Waals surface area contributed by atoms with Crippen LogP contribution in [0.4, 0.5) is 0 Å². The molecule has 0 fully saturated rings. The van der Waals surface area contributed by atoms with E-state index in [1.807, 2.05) is 11.7 Å². The van der Waals surface area contributed by atoms with E-state index < -0.39 is 0 Å². The minimum Gasteiger partial charge on any atom is -0.395 e. The molecule has 1 aromatic rings. The molecule has 13 heavy (non-hydrogen) atoms. The van der Waals surface area contributed by atoms with Crippen molar-refractivity contribution in [1.82, 2.24) is 10.3 Å². The summed E-state index contributed by atoms with van der Waals surface area (Å²) in [7, 11) is 0. The first-order chi connectivity index (χ1) is 6.27. The summed E-state index contributed by atoms with van der Waals surface area (Å²) in [5, 5.41) is 12.3. The van der Waals surface area contributed by atoms with Crippen LogP contribution in [0.5, 0.6) is 0 Å². The van der Waals surface area contributed by atoms with Gasteiger partial charge in [-0.3, -0.25) is 4.98 Å². The lowest BCUT2D eigenvalue weighted by Gasteiger charge is -2.18. The molecular formula is C9H16N2OS. The summed E-state index contributed by atoms with van der Waals surface area (Å²) >= 11 is 1.64. The second kappa shape index (κ2) is 5.32. The third kappa shape index (κ3) is 3.06. The molecule has 0 radical (unpaired) electrons. The first kappa shape index (κ1) is 10.6. The summed E-state index contributed by atoms with van der Waals surface area (Å²) in [4.78, 5) is 5.23. The Kier molecular flexibility index (Phi) is 4.35. The monoisotopic (exact) mass is 200 g/mol. The van der Waals surface area contributed by atoms with E-state index in [1.165, 1.54) is 4.88 Å². The van der Waals surface area contributed by atoms with Crippen LogP contribution < -0.4 is 5.32 Å². The Hall–Kier alpha value is -0.450. The second-order valence-corrected chi connectivity index (χ2v) is 4.00. The first-order valence-corrected chi connectivity index (χ1v) is 5.41. The molecule has 0 spiro atoms. The van der Waals surface area contributed by atoms with Gasteiger partial charge in [0.25, 0.3) is 0 Å². The predicted octanol–water partition coefficient (Wildman–Crippen LogP) is 1.56. The molecule has 1 rings (SSSR count). The van der Waals surface area contributed by atoms with Gasteiger partial charge < -0.3 is 10.4 Å². The molecule has 1 aromatic heterocycles. The smallest absolute Gasteiger partial charge is 0.0794 e. The Morgan fingerprint density at radius 2 is 2.46 bits per heavy atom. The van der Waals surface area contributed by atoms with E-state index in [1.54, 1.807) is 11.3 Å². The molecule has 0 saturated carbocycles. The van der Waals surface area contributed by atoms with E-state index in [0.717, 1.165) is 6.42 Å². The molecule has 0 aromatic carbocycles. The maximum atomic E-state index is 9.00. The Morgan fingerprint density at radius 3 is 2.92 bits per heavy atom. The van der Waals surface area contributed by atoms with Crippen LogP contribution in [-0.4, -0.2) is 22.7 Å². The maximum Gasteiger partial charge on any atom is 0.0794 e. The zero-order chi connectivity index (χ0) is 9.68. The van der Waals surface area contributed by atoms with Crippen molar-refractivity contribution in [2.24, 2.45) is 0 Å². The number of hydrogen-bond acceptors (Lipinski definition) is 4. The number of aliphatic hydroxyl groups excluding tert-OH is 1. The van der Waals surface area contributed by atoms with E-state index in [4.69, 9.17) is 5.11 Å². The van der Waals surface area contributed by atoms with Crippen LogP contribution in [0.1, 0.15) is 31.2 Å². The van der Waals surface area contributed by atoms with Gasteiger partial charge in [0.15, 0.2) is 0 Å². The van der Waals surface area contributed by atoms with Gasteiger partial charge in [-0.25, -0.2) is 0 Å². The van der Waals surface area contributed by atoms with Gasteiger partial charge in [-0.2, -0.15) is 0 Å². The van der Waals surface area contributed by atoms with Crippen molar-refractivity contribution in [3.8, 4) is 0 Å². The molecule has 3 nitrogen and oxygen atoms in total. The molecule has 1 heterocycles. The van der Waals surface area contributed by atoms with E-state index >= 15 is 0 Å². The number of aliphatic hydroxyl groups is 1. The van der Waals surface area contributed by atoms with Gasteiger partial charge >= 0.3 is 0 Å². The Balaban J connectivity index is 2.45. The Labute approximate surface area is 82.8 Å². The SMILES string of the molecule is CC[C@@H](CO)NC(C)c1cncs1. The fourth-order valence-electron chi connectivity index (χ4n) is 1.17. The molecule has 0 amide bonds. The summed E-state index contributed by atoms with van der Waals surface area (Å²) in [6, 6.07) is 0.474. The van der Waals surface area contributed by atoms with Gasteiger partial charge in [0, 0.05) is 23.2 Å². The summed E-state index contributed by atoms with van der Waals surface area (Å²) in [6.45, 7) is 4.35. The number of rotatable bonds is 5. The number of nitrogens with one attached hydrogen (secondary N) is 1. The average molecular weight is 200 g/mol. The fraction of sp³-hybridized carbons (Fsp3) is 0.667. The van der Waals surface area contributed by atoms with E-state index in [0.29, 0.717) is 0 Å². The van der Waals surface area contributed by atoms with Gasteiger partial charge in [-0.05, 0) is 13.3 Å². The van der Waals surface area contributed by atoms with Crippen LogP contribution in [-0.2, 0) is 0 Å². The van der Waals surface area contributed by atoms with Crippen LogP contribution in [0.2, 0.25) is 0 Å². The number of hydrogen-bond donors (Lipinski definition) is 2. The van der Waals surface area contributed by atoms with Gasteiger partial charge in [0.05, 0.1) is 12.1 Å². The van der Waals surface area contributed by atoms with Crippen molar-refractivity contribution >= 4 is 11.3 Å². The van der Waals surface area contributed by atoms with Gasteiger partial charge in [-0.1, -0.05) is 6.92 Å². The van der Waals surface area contributed by atoms with E-state index in [2.05, 4.69) is 24.1 Å². The molecule has 0 aliphatic rings. The quantitative estimate of drug-likeness (QED) is 0.758. The highest BCUT2D eigenvalue weighted by molar-refractivity contribution is 7.09. The molecule has 2 N–H and O–H groups in total. The largest absolute Gasteiger partial charge is 0.395 e. The Morgan fingerprint density at radius 1 is 1.69 bits per heavy atom. The Bertz CT molecular complexity index is 222. The zero-order valence-electron chi connectivity index (χ0n) is 8.03. The molecule has 1 unspecified atom stereocenters. The fourth-order valence-corrected chi connectivity index (χ4v) is 1.81. The van der Waals surface area contributed by atoms with Crippen molar-refractivity contribution in [2.45, 2.75) is 32.4 Å². The van der Waals surface area contributed by atoms with Gasteiger partial charge in [-0.15, -0.1) is 11.3 Å². The molecule has 0 aliphatic carbocycles. The standard InChI is InChI=1S/C9H16N2OS/c1-3-8(5-12)11-7(2)9-4-10-6-13-9/h4,6-8,11-12H,3,5H2,1-2H3/t7?,8-/m0/s1. The van der Waals surface area contributed by atoms with Gasteiger partial charge in [0.1, 0.15) is 0 Å². The molecule has 0 saturated heterocycles. The highest BCUT2D eigenvalue weighted by Crippen LogP contribution is 2.16. The average Bonchev–Trinajstić information content (AvgIpc) is 2.66. The molecule has 74 valence electrons. The van der Waals surface area contributed by atoms with E-state index in [9.17, 15) is 0 Å². The molecular weight excluding hydrogens is 184 g/mol. The number of nitrogens with zero attached hydrogens (tertiary/aromatic N) is 1. The number of aromatic nitrogens is 1. The summed E-state index contributed by atoms with van der Waals surface area (Å²) in [5.41, 5.74) is 1.83. The van der Waals surface area contributed by atoms with Crippen molar-refractivity contribution in [3.63, 3.8) is 0 Å². The lowest BCUT2D eigenvalue weighted by atomic mass is 10.2. The number of thiazole rings is 1. The molecule has 2 atom stereocenters. The van der Waals surface area contributed by atoms with Crippen molar-refractivity contribution in [3.05, 3.63) is 16.6 Å².